The predicted octanol–water partition coefficient (Wildman–Crippen LogP) is 10.5. The maximum Gasteiger partial charge on any atom is 2.00 e. The van der Waals surface area contributed by atoms with Crippen molar-refractivity contribution in [2.75, 3.05) is 32.8 Å². The Balaban J connectivity index is -0.000000693. The van der Waals surface area contributed by atoms with Crippen molar-refractivity contribution in [2.24, 2.45) is 5.73 Å². The van der Waals surface area contributed by atoms with Crippen LogP contribution >= 0.6 is 0 Å². The number of unbranched alkanes of at least 4 members (excludes halogenated alkanes) is 24. The SMILES string of the molecule is CCCCCCCC/C=C\CCCCCCCC(=O)OC[C@H](CO)OC(=O)CCCCCCC/C=C\CCCCCCCC.NCCCCC(C(=O)O)N(CC(=O)O)CC(=O)O.O=[C-]CC[C-]=O.[Ni+2]. The first-order chi connectivity index (χ1) is 32.9. The van der Waals surface area contributed by atoms with E-state index in [2.05, 4.69) is 38.2 Å². The van der Waals surface area contributed by atoms with Crippen LogP contribution in [0.2, 0.25) is 0 Å². The zero-order valence-corrected chi connectivity index (χ0v) is 43.6. The molecule has 0 fully saturated rings. The van der Waals surface area contributed by atoms with Gasteiger partial charge in [-0.05, 0) is 83.6 Å². The summed E-state index contributed by atoms with van der Waals surface area (Å²) in [5.41, 5.74) is 5.28. The van der Waals surface area contributed by atoms with Crippen LogP contribution in [0.3, 0.4) is 0 Å². The third kappa shape index (κ3) is 58.8. The van der Waals surface area contributed by atoms with Crippen LogP contribution in [-0.4, -0.2) is 113 Å². The monoisotopic (exact) mass is 1020 g/mol. The Morgan fingerprint density at radius 3 is 1.28 bits per heavy atom. The van der Waals surface area contributed by atoms with Crippen molar-refractivity contribution in [3.05, 3.63) is 24.3 Å². The Bertz CT molecular complexity index is 1260. The van der Waals surface area contributed by atoms with E-state index >= 15 is 0 Å². The summed E-state index contributed by atoms with van der Waals surface area (Å²) in [6.45, 7) is 3.28. The molecule has 6 N–H and O–H groups in total. The van der Waals surface area contributed by atoms with Gasteiger partial charge < -0.3 is 45.2 Å². The summed E-state index contributed by atoms with van der Waals surface area (Å²) in [5, 5.41) is 35.8. The molecule has 0 rings (SSSR count). The summed E-state index contributed by atoms with van der Waals surface area (Å²) in [6.07, 6.45) is 45.6. The van der Waals surface area contributed by atoms with Gasteiger partial charge in [0.25, 0.3) is 0 Å². The number of carbonyl (C=O) groups is 5. The van der Waals surface area contributed by atoms with Crippen LogP contribution in [0, 0.1) is 0 Å². The maximum atomic E-state index is 12.1. The molecule has 0 aliphatic heterocycles. The Morgan fingerprint density at radius 2 is 0.928 bits per heavy atom. The van der Waals surface area contributed by atoms with Gasteiger partial charge in [0, 0.05) is 12.8 Å². The van der Waals surface area contributed by atoms with Gasteiger partial charge in [0.05, 0.1) is 19.7 Å². The number of rotatable bonds is 47. The molecular weight excluding hydrogens is 931 g/mol. The summed E-state index contributed by atoms with van der Waals surface area (Å²) in [7, 11) is 0. The molecule has 0 aliphatic carbocycles. The molecule has 0 radical (unpaired) electrons. The van der Waals surface area contributed by atoms with Gasteiger partial charge in [-0.2, -0.15) is 12.8 Å². The fourth-order valence-electron chi connectivity index (χ4n) is 6.98. The smallest absolute Gasteiger partial charge is 0.542 e. The Hall–Kier alpha value is -3.46. The van der Waals surface area contributed by atoms with E-state index in [0.29, 0.717) is 32.2 Å². The van der Waals surface area contributed by atoms with Crippen LogP contribution in [0.1, 0.15) is 226 Å². The van der Waals surface area contributed by atoms with Crippen LogP contribution in [0.15, 0.2) is 24.3 Å². The molecule has 0 bridgehead atoms. The van der Waals surface area contributed by atoms with Gasteiger partial charge >= 0.3 is 46.3 Å². The number of ether oxygens (including phenoxy) is 2. The Labute approximate surface area is 426 Å². The molecule has 0 amide bonds. The van der Waals surface area contributed by atoms with Crippen LogP contribution in [0.5, 0.6) is 0 Å². The number of nitrogens with two attached hydrogens (primary N) is 1. The van der Waals surface area contributed by atoms with E-state index in [1.807, 2.05) is 0 Å². The molecule has 1 unspecified atom stereocenters. The van der Waals surface area contributed by atoms with Gasteiger partial charge in [-0.15, -0.1) is 0 Å². The van der Waals surface area contributed by atoms with E-state index in [4.69, 9.17) is 30.5 Å². The number of carbonyl (C=O) groups excluding carboxylic acids is 4. The summed E-state index contributed by atoms with van der Waals surface area (Å²) >= 11 is 0. The first kappa shape index (κ1) is 72.1. The third-order valence-corrected chi connectivity index (χ3v) is 10.9. The van der Waals surface area contributed by atoms with Gasteiger partial charge in [0.1, 0.15) is 12.6 Å². The average Bonchev–Trinajstić information content (AvgIpc) is 3.30. The van der Waals surface area contributed by atoms with Crippen molar-refractivity contribution in [1.82, 2.24) is 4.90 Å². The number of aliphatic carboxylic acids is 3. The van der Waals surface area contributed by atoms with Crippen molar-refractivity contribution in [3.8, 4) is 0 Å². The second kappa shape index (κ2) is 58.9. The normalized spacial score (nSPS) is 11.7. The summed E-state index contributed by atoms with van der Waals surface area (Å²) in [5.74, 6) is -4.36. The number of hydrogen-bond acceptors (Lipinski definition) is 12. The second-order valence-electron chi connectivity index (χ2n) is 17.3. The van der Waals surface area contributed by atoms with E-state index in [-0.39, 0.29) is 60.9 Å². The predicted molar refractivity (Wildman–Crippen MR) is 269 cm³/mol. The van der Waals surface area contributed by atoms with Crippen LogP contribution in [-0.2, 0) is 59.5 Å². The zero-order valence-electron chi connectivity index (χ0n) is 42.6. The zero-order chi connectivity index (χ0) is 51.1. The van der Waals surface area contributed by atoms with E-state index in [1.54, 1.807) is 12.6 Å². The molecule has 2 atom stereocenters. The van der Waals surface area contributed by atoms with Crippen molar-refractivity contribution in [2.45, 2.75) is 238 Å². The third-order valence-electron chi connectivity index (χ3n) is 10.9. The first-order valence-corrected chi connectivity index (χ1v) is 26.0. The van der Waals surface area contributed by atoms with Gasteiger partial charge in [0.2, 0.25) is 0 Å². The standard InChI is InChI=1S/C39H72O5.C10H18N2O6.C4H4O2.Ni/c1-3-5-7-9-11-13-15-17-19-21-23-25-27-29-31-33-38(41)43-36-37(35-40)44-39(42)34-32-30-28-26-24-22-20-18-16-14-12-10-8-6-4-2;11-4-2-1-3-7(10(17)18)12(5-8(13)14)6-9(15)16;5-3-1-2-4-6;/h17-20,37,40H,3-16,21-36H2,1-2H3;7H,1-6,11H2,(H,13,14)(H,15,16)(H,17,18);1-2H2;/q;;-2;+2/b19-17-,20-18-;;;/t37-;;;/m0.../s1. The molecule has 0 aromatic carbocycles. The number of nitrogens with zero attached hydrogens (tertiary/aromatic N) is 1. The van der Waals surface area contributed by atoms with Gasteiger partial charge in [0.15, 0.2) is 6.10 Å². The number of hydrogen-bond donors (Lipinski definition) is 5. The van der Waals surface area contributed by atoms with Crippen LogP contribution < -0.4 is 5.73 Å². The molecular formula is C53H94N2NiO13. The molecule has 0 heterocycles. The summed E-state index contributed by atoms with van der Waals surface area (Å²) in [6, 6.07) is -1.12. The fourth-order valence-corrected chi connectivity index (χ4v) is 6.98. The minimum Gasteiger partial charge on any atom is -0.542 e. The van der Waals surface area contributed by atoms with Crippen LogP contribution in [0.4, 0.5) is 0 Å². The minimum absolute atomic E-state index is 0. The van der Waals surface area contributed by atoms with Gasteiger partial charge in [-0.25, -0.2) is 0 Å². The molecule has 0 aliphatic rings. The molecule has 404 valence electrons. The Kier molecular flexibility index (Phi) is 61.5. The number of aliphatic hydroxyl groups is 1. The minimum atomic E-state index is -1.26. The van der Waals surface area contributed by atoms with Crippen molar-refractivity contribution < 1.29 is 80.0 Å². The molecule has 16 heteroatoms. The largest absolute Gasteiger partial charge is 2.00 e. The number of esters is 2. The number of carboxylic acids is 3. The topological polar surface area (TPSA) is 248 Å². The Morgan fingerprint density at radius 1 is 0.551 bits per heavy atom. The van der Waals surface area contributed by atoms with Crippen molar-refractivity contribution in [3.63, 3.8) is 0 Å². The van der Waals surface area contributed by atoms with E-state index in [0.717, 1.165) is 56.3 Å². The summed E-state index contributed by atoms with van der Waals surface area (Å²) in [4.78, 5) is 75.9. The molecule has 69 heavy (non-hydrogen) atoms. The van der Waals surface area contributed by atoms with Gasteiger partial charge in [-0.3, -0.25) is 41.4 Å². The van der Waals surface area contributed by atoms with E-state index in [1.165, 1.54) is 116 Å². The quantitative estimate of drug-likeness (QED) is 0.0125. The van der Waals surface area contributed by atoms with E-state index < -0.39 is 43.1 Å². The molecule has 0 aromatic heterocycles. The fraction of sp³-hybridized carbons (Fsp3) is 0.792. The van der Waals surface area contributed by atoms with Crippen LogP contribution in [0.25, 0.3) is 0 Å². The van der Waals surface area contributed by atoms with Crippen molar-refractivity contribution >= 4 is 42.4 Å². The number of allylic oxidation sites excluding steroid dienone is 4. The molecule has 15 nitrogen and oxygen atoms in total. The van der Waals surface area contributed by atoms with E-state index in [9.17, 15) is 38.7 Å². The average molecular weight is 1030 g/mol. The summed E-state index contributed by atoms with van der Waals surface area (Å²) < 4.78 is 10.6. The van der Waals surface area contributed by atoms with Gasteiger partial charge in [-0.1, -0.05) is 147 Å². The molecule has 0 aromatic rings. The molecule has 0 saturated carbocycles. The maximum absolute atomic E-state index is 12.1. The molecule has 0 spiro atoms. The van der Waals surface area contributed by atoms with Crippen molar-refractivity contribution in [1.29, 1.82) is 0 Å². The number of carboxylic acid groups (broad SMARTS) is 3. The molecule has 0 saturated heterocycles. The second-order valence-corrected chi connectivity index (χ2v) is 17.3. The first-order valence-electron chi connectivity index (χ1n) is 26.0. The number of aliphatic hydroxyl groups excluding tert-OH is 1.